The average Bonchev–Trinajstić information content (AvgIpc) is 2.15. The van der Waals surface area contributed by atoms with E-state index in [2.05, 4.69) is 8.37 Å². The molecule has 6 nitrogen and oxygen atoms in total. The summed E-state index contributed by atoms with van der Waals surface area (Å²) in [7, 11) is -4.21. The third-order valence-corrected chi connectivity index (χ3v) is 2.61. The second kappa shape index (κ2) is 3.11. The Bertz CT molecular complexity index is 479. The minimum atomic E-state index is -4.21. The lowest BCUT2D eigenvalue weighted by Crippen LogP contribution is -2.56. The van der Waals surface area contributed by atoms with Crippen molar-refractivity contribution in [3.05, 3.63) is 35.9 Å². The number of rotatable bonds is 2. The van der Waals surface area contributed by atoms with Crippen molar-refractivity contribution >= 4 is 16.2 Å². The minimum Gasteiger partial charge on any atom is -0.335 e. The number of hydrogen-bond acceptors (Lipinski definition) is 6. The molecule has 0 unspecified atom stereocenters. The fourth-order valence-electron chi connectivity index (χ4n) is 1.13. The first-order valence-electron chi connectivity index (χ1n) is 3.91. The molecule has 2 rings (SSSR count). The van der Waals surface area contributed by atoms with E-state index in [1.54, 1.807) is 18.2 Å². The molecule has 0 radical (unpaired) electrons. The van der Waals surface area contributed by atoms with Crippen molar-refractivity contribution in [3.63, 3.8) is 0 Å². The highest BCUT2D eigenvalue weighted by atomic mass is 32.3. The Morgan fingerprint density at radius 1 is 1.20 bits per heavy atom. The topological polar surface area (TPSA) is 89.9 Å². The summed E-state index contributed by atoms with van der Waals surface area (Å²) < 4.78 is 28.9. The first kappa shape index (κ1) is 10.2. The highest BCUT2D eigenvalue weighted by Crippen LogP contribution is 2.31. The third-order valence-electron chi connectivity index (χ3n) is 1.75. The van der Waals surface area contributed by atoms with Crippen LogP contribution in [0.4, 0.5) is 0 Å². The van der Waals surface area contributed by atoms with E-state index in [0.717, 1.165) is 0 Å². The molecule has 1 heterocycles. The second-order valence-electron chi connectivity index (χ2n) is 2.85. The Morgan fingerprint density at radius 3 is 2.20 bits per heavy atom. The fourth-order valence-corrected chi connectivity index (χ4v) is 1.85. The van der Waals surface area contributed by atoms with Crippen LogP contribution in [0.3, 0.4) is 0 Å². The smallest absolute Gasteiger partial charge is 0.335 e. The number of ketones is 1. The Balaban J connectivity index is 2.24. The molecule has 1 aliphatic heterocycles. The zero-order valence-electron chi connectivity index (χ0n) is 7.28. The molecule has 0 bridgehead atoms. The summed E-state index contributed by atoms with van der Waals surface area (Å²) in [6.07, 6.45) is 0. The van der Waals surface area contributed by atoms with Gasteiger partial charge in [-0.2, -0.15) is 16.8 Å². The summed E-state index contributed by atoms with van der Waals surface area (Å²) in [6, 6.07) is 7.59. The van der Waals surface area contributed by atoms with Crippen molar-refractivity contribution < 1.29 is 26.7 Å². The largest absolute Gasteiger partial charge is 0.409 e. The summed E-state index contributed by atoms with van der Waals surface area (Å²) in [5.41, 5.74) is 0.0925. The van der Waals surface area contributed by atoms with E-state index in [-0.39, 0.29) is 5.56 Å². The zero-order chi connectivity index (χ0) is 11.1. The number of Topliss-reactive ketones (excluding diaryl/α,β-unsaturated/α-hetero) is 1. The van der Waals surface area contributed by atoms with Gasteiger partial charge in [-0.05, 0) is 0 Å². The third kappa shape index (κ3) is 1.77. The summed E-state index contributed by atoms with van der Waals surface area (Å²) in [5, 5.41) is 9.29. The number of hydrogen-bond donors (Lipinski definition) is 1. The van der Waals surface area contributed by atoms with Crippen molar-refractivity contribution in [2.24, 2.45) is 0 Å². The summed E-state index contributed by atoms with van der Waals surface area (Å²) >= 11 is 0. The van der Waals surface area contributed by atoms with Crippen LogP contribution in [0, 0.1) is 0 Å². The molecule has 1 N–H and O–H groups in total. The van der Waals surface area contributed by atoms with Crippen molar-refractivity contribution in [1.82, 2.24) is 0 Å². The van der Waals surface area contributed by atoms with E-state index in [4.69, 9.17) is 0 Å². The van der Waals surface area contributed by atoms with Gasteiger partial charge < -0.3 is 5.11 Å². The molecule has 0 spiro atoms. The number of aliphatic hydroxyl groups is 1. The van der Waals surface area contributed by atoms with Gasteiger partial charge in [-0.15, -0.1) is 0 Å². The minimum absolute atomic E-state index is 0.0925. The van der Waals surface area contributed by atoms with E-state index in [0.29, 0.717) is 0 Å². The Hall–Kier alpha value is -1.28. The van der Waals surface area contributed by atoms with Crippen molar-refractivity contribution in [2.45, 2.75) is 5.97 Å². The van der Waals surface area contributed by atoms with Crippen LogP contribution in [0.5, 0.6) is 0 Å². The maximum Gasteiger partial charge on any atom is 0.409 e. The van der Waals surface area contributed by atoms with E-state index in [9.17, 15) is 18.3 Å². The molecule has 7 heteroatoms. The lowest BCUT2D eigenvalue weighted by atomic mass is 10.1. The molecular weight excluding hydrogens is 224 g/mol. The summed E-state index contributed by atoms with van der Waals surface area (Å²) in [4.78, 5) is 11.5. The lowest BCUT2D eigenvalue weighted by Gasteiger charge is -2.31. The Kier molecular flexibility index (Phi) is 2.12. The Morgan fingerprint density at radius 2 is 1.73 bits per heavy atom. The van der Waals surface area contributed by atoms with Crippen LogP contribution < -0.4 is 0 Å². The van der Waals surface area contributed by atoms with Crippen LogP contribution in [0.15, 0.2) is 30.3 Å². The highest BCUT2D eigenvalue weighted by molar-refractivity contribution is 7.82. The summed E-state index contributed by atoms with van der Waals surface area (Å²) in [6.45, 7) is 0. The monoisotopic (exact) mass is 230 g/mol. The van der Waals surface area contributed by atoms with E-state index >= 15 is 0 Å². The van der Waals surface area contributed by atoms with Gasteiger partial charge in [-0.1, -0.05) is 30.3 Å². The van der Waals surface area contributed by atoms with Gasteiger partial charge in [0.05, 0.1) is 0 Å². The van der Waals surface area contributed by atoms with Gasteiger partial charge in [-0.3, -0.25) is 4.79 Å². The van der Waals surface area contributed by atoms with Crippen LogP contribution >= 0.6 is 0 Å². The van der Waals surface area contributed by atoms with E-state index < -0.39 is 22.2 Å². The van der Waals surface area contributed by atoms with Crippen LogP contribution in [0.1, 0.15) is 10.4 Å². The molecule has 0 aliphatic carbocycles. The molecular formula is C8H6O6S. The molecule has 1 fully saturated rings. The van der Waals surface area contributed by atoms with Gasteiger partial charge in [-0.25, -0.2) is 0 Å². The van der Waals surface area contributed by atoms with Crippen molar-refractivity contribution in [3.8, 4) is 0 Å². The standard InChI is InChI=1S/C8H6O6S/c9-7(6-4-2-1-3-5-6)8(10)13-15(11,12)14-8/h1-5,10H. The number of carbonyl (C=O) groups is 1. The molecule has 0 amide bonds. The molecule has 1 aromatic rings. The number of carbonyl (C=O) groups excluding carboxylic acids is 1. The normalized spacial score (nSPS) is 21.7. The highest BCUT2D eigenvalue weighted by Gasteiger charge is 2.57. The second-order valence-corrected chi connectivity index (χ2v) is 4.00. The van der Waals surface area contributed by atoms with E-state index in [1.165, 1.54) is 12.1 Å². The molecule has 80 valence electrons. The molecule has 0 saturated carbocycles. The predicted molar refractivity (Wildman–Crippen MR) is 46.8 cm³/mol. The average molecular weight is 230 g/mol. The first-order chi connectivity index (χ1) is 6.93. The molecule has 15 heavy (non-hydrogen) atoms. The predicted octanol–water partition coefficient (Wildman–Crippen LogP) is -0.193. The van der Waals surface area contributed by atoms with E-state index in [1.807, 2.05) is 0 Å². The van der Waals surface area contributed by atoms with Gasteiger partial charge in [0.1, 0.15) is 0 Å². The van der Waals surface area contributed by atoms with Gasteiger partial charge in [0.15, 0.2) is 0 Å². The fraction of sp³-hybridized carbons (Fsp3) is 0.125. The first-order valence-corrected chi connectivity index (χ1v) is 5.25. The zero-order valence-corrected chi connectivity index (χ0v) is 8.10. The van der Waals surface area contributed by atoms with Gasteiger partial charge in [0, 0.05) is 5.56 Å². The number of benzene rings is 1. The SMILES string of the molecule is O=C(c1ccccc1)C1(O)OS(=O)(=O)O1. The molecule has 1 saturated heterocycles. The van der Waals surface area contributed by atoms with Crippen LogP contribution in [0.2, 0.25) is 0 Å². The summed E-state index contributed by atoms with van der Waals surface area (Å²) in [5.74, 6) is -3.67. The molecule has 1 aliphatic rings. The quantitative estimate of drug-likeness (QED) is 0.708. The Labute approximate surface area is 85.4 Å². The van der Waals surface area contributed by atoms with Crippen LogP contribution in [-0.4, -0.2) is 25.3 Å². The van der Waals surface area contributed by atoms with Crippen LogP contribution in [-0.2, 0) is 18.8 Å². The maximum absolute atomic E-state index is 11.5. The van der Waals surface area contributed by atoms with Crippen molar-refractivity contribution in [2.75, 3.05) is 0 Å². The molecule has 0 atom stereocenters. The van der Waals surface area contributed by atoms with Gasteiger partial charge >= 0.3 is 16.4 Å². The van der Waals surface area contributed by atoms with Gasteiger partial charge in [0.25, 0.3) is 5.78 Å². The lowest BCUT2D eigenvalue weighted by molar-refractivity contribution is -0.284. The maximum atomic E-state index is 11.5. The van der Waals surface area contributed by atoms with Crippen LogP contribution in [0.25, 0.3) is 0 Å². The molecule has 1 aromatic carbocycles. The molecule has 0 aromatic heterocycles. The van der Waals surface area contributed by atoms with Crippen molar-refractivity contribution in [1.29, 1.82) is 0 Å². The van der Waals surface area contributed by atoms with Gasteiger partial charge in [0.2, 0.25) is 0 Å².